The van der Waals surface area contributed by atoms with Crippen LogP contribution in [0.4, 0.5) is 55.1 Å². The van der Waals surface area contributed by atoms with Crippen molar-refractivity contribution >= 4 is 79.4 Å². The Morgan fingerprint density at radius 1 is 0.522 bits per heavy atom. The van der Waals surface area contributed by atoms with Gasteiger partial charge in [-0.05, 0) is 129 Å². The summed E-state index contributed by atoms with van der Waals surface area (Å²) >= 11 is 3.26. The zero-order chi connectivity index (χ0) is 48.9. The zero-order valence-corrected chi connectivity index (χ0v) is 38.2. The quantitative estimate of drug-likeness (QED) is 0.134. The summed E-state index contributed by atoms with van der Waals surface area (Å²) < 4.78 is 0.955. The molecule has 334 valence electrons. The number of aliphatic hydroxyl groups is 1. The molecule has 6 aromatic rings. The van der Waals surface area contributed by atoms with E-state index >= 15 is 0 Å². The molecule has 2 heterocycles. The number of nitrogens with zero attached hydrogens (tertiary/aromatic N) is 10. The van der Waals surface area contributed by atoms with Gasteiger partial charge in [-0.2, -0.15) is 10.5 Å². The van der Waals surface area contributed by atoms with E-state index in [0.29, 0.717) is 87.9 Å². The van der Waals surface area contributed by atoms with Crippen LogP contribution in [0, 0.1) is 49.0 Å². The van der Waals surface area contributed by atoms with E-state index in [-0.39, 0.29) is 5.91 Å². The number of imide groups is 1. The van der Waals surface area contributed by atoms with Crippen LogP contribution in [0.5, 0.6) is 0 Å². The normalized spacial score (nSPS) is 17.8. The van der Waals surface area contributed by atoms with Crippen LogP contribution in [0.3, 0.4) is 0 Å². The number of carbonyl (C=O) groups is 3. The maximum atomic E-state index is 14.1. The average molecular weight is 970 g/mol. The fourth-order valence-corrected chi connectivity index (χ4v) is 9.58. The lowest BCUT2D eigenvalue weighted by Crippen LogP contribution is -2.63. The summed E-state index contributed by atoms with van der Waals surface area (Å²) in [6.07, 6.45) is 4.08. The first-order valence-electron chi connectivity index (χ1n) is 21.5. The predicted octanol–water partition coefficient (Wildman–Crippen LogP) is 12.9. The third-order valence-corrected chi connectivity index (χ3v) is 13.3. The van der Waals surface area contributed by atoms with E-state index < -0.39 is 28.9 Å². The van der Waals surface area contributed by atoms with Crippen LogP contribution in [0.15, 0.2) is 150 Å². The van der Waals surface area contributed by atoms with Crippen molar-refractivity contribution in [2.24, 2.45) is 0 Å². The third kappa shape index (κ3) is 8.05. The molecule has 14 nitrogen and oxygen atoms in total. The molecule has 4 fully saturated rings. The number of carbonyl (C=O) groups excluding carboxylic acids is 3. The number of rotatable bonds is 5. The summed E-state index contributed by atoms with van der Waals surface area (Å²) in [5, 5.41) is 30.7. The summed E-state index contributed by atoms with van der Waals surface area (Å²) in [6.45, 7) is 28.4. The molecule has 0 radical (unpaired) electrons. The zero-order valence-electron chi connectivity index (χ0n) is 36.6. The third-order valence-electron chi connectivity index (χ3n) is 12.9. The number of nitriles is 2. The van der Waals surface area contributed by atoms with Gasteiger partial charge in [-0.25, -0.2) is 33.9 Å². The summed E-state index contributed by atoms with van der Waals surface area (Å²) in [6, 6.07) is 43.8. The average Bonchev–Trinajstić information content (AvgIpc) is 3.74. The number of amides is 5. The van der Waals surface area contributed by atoms with Crippen molar-refractivity contribution in [1.29, 1.82) is 10.5 Å². The second-order valence-corrected chi connectivity index (χ2v) is 17.4. The number of anilines is 4. The molecule has 1 unspecified atom stereocenters. The minimum Gasteiger partial charge on any atom is -0.365 e. The van der Waals surface area contributed by atoms with E-state index in [4.69, 9.17) is 31.6 Å². The Morgan fingerprint density at radius 3 is 1.41 bits per heavy atom. The number of hydrogen-bond acceptors (Lipinski definition) is 6. The van der Waals surface area contributed by atoms with Gasteiger partial charge in [-0.3, -0.25) is 19.5 Å². The standard InChI is InChI=1S/C27H19N5O2.C20H14N4O2.C7H4BrN/c1-29-21-9-13-24(14-10-21)32-25(33)31(23-11-7-19(18-28)8-12-23)26(15-4-16-26)27(32,34)20-5-3-6-22(17-20)30-2;1-22-15-5-9-16(10-6-15)23-18(25)20(11-2-12-20)24(19(23)26)17-7-3-14(13-21)4-8-17;1-9-7-4-2-3-6(8)5-7/h3,5-14,17,34H,4,15-16H2;3-10H,2,11-12H2;2-5H. The van der Waals surface area contributed by atoms with Crippen molar-refractivity contribution < 1.29 is 19.5 Å². The van der Waals surface area contributed by atoms with Gasteiger partial charge in [-0.1, -0.05) is 76.6 Å². The minimum atomic E-state index is -1.75. The smallest absolute Gasteiger partial charge is 0.336 e. The number of urea groups is 2. The molecule has 6 aromatic carbocycles. The highest BCUT2D eigenvalue weighted by atomic mass is 79.9. The van der Waals surface area contributed by atoms with Gasteiger partial charge in [0.05, 0.1) is 55.2 Å². The van der Waals surface area contributed by atoms with Gasteiger partial charge in [-0.15, -0.1) is 0 Å². The Kier molecular flexibility index (Phi) is 12.8. The monoisotopic (exact) mass is 968 g/mol. The lowest BCUT2D eigenvalue weighted by atomic mass is 9.66. The van der Waals surface area contributed by atoms with E-state index in [1.165, 1.54) is 9.80 Å². The number of hydrogen-bond donors (Lipinski definition) is 1. The van der Waals surface area contributed by atoms with Crippen LogP contribution >= 0.6 is 15.9 Å². The Morgan fingerprint density at radius 2 is 0.971 bits per heavy atom. The van der Waals surface area contributed by atoms with Gasteiger partial charge in [0.1, 0.15) is 11.1 Å². The number of halogens is 1. The predicted molar refractivity (Wildman–Crippen MR) is 264 cm³/mol. The van der Waals surface area contributed by atoms with Gasteiger partial charge in [0.2, 0.25) is 0 Å². The first kappa shape index (κ1) is 46.4. The summed E-state index contributed by atoms with van der Waals surface area (Å²) in [5.41, 5.74) is 1.92. The van der Waals surface area contributed by atoms with Gasteiger partial charge >= 0.3 is 12.1 Å². The van der Waals surface area contributed by atoms with Crippen molar-refractivity contribution in [2.75, 3.05) is 19.6 Å². The molecule has 2 saturated heterocycles. The molecule has 2 spiro atoms. The summed E-state index contributed by atoms with van der Waals surface area (Å²) in [7, 11) is 0. The molecule has 1 atom stereocenters. The molecule has 15 heteroatoms. The Bertz CT molecular complexity index is 3260. The highest BCUT2D eigenvalue weighted by molar-refractivity contribution is 9.10. The Labute approximate surface area is 407 Å². The minimum absolute atomic E-state index is 0.228. The van der Waals surface area contributed by atoms with Gasteiger partial charge in [0, 0.05) is 21.5 Å². The number of benzene rings is 6. The molecule has 4 aliphatic rings. The van der Waals surface area contributed by atoms with E-state index in [1.54, 1.807) is 143 Å². The van der Waals surface area contributed by atoms with Crippen molar-refractivity contribution in [3.63, 3.8) is 0 Å². The maximum Gasteiger partial charge on any atom is 0.336 e. The van der Waals surface area contributed by atoms with Crippen molar-refractivity contribution in [3.8, 4) is 12.1 Å². The first-order valence-corrected chi connectivity index (χ1v) is 22.3. The second-order valence-electron chi connectivity index (χ2n) is 16.5. The van der Waals surface area contributed by atoms with E-state index in [9.17, 15) is 24.8 Å². The molecule has 0 bridgehead atoms. The Hall–Kier alpha value is -9.09. The molecule has 69 heavy (non-hydrogen) atoms. The Balaban J connectivity index is 0.000000161. The molecule has 2 aliphatic carbocycles. The molecule has 5 amide bonds. The van der Waals surface area contributed by atoms with Crippen LogP contribution in [-0.4, -0.2) is 34.2 Å². The SMILES string of the molecule is [C-]#[N+]c1ccc(N2C(=O)N(c3ccc(C#N)cc3)C3(CCC3)C2(O)c2cccc([N+]#[C-])c2)cc1.[C-]#[N+]c1ccc(N2C(=O)N(c3ccc(C#N)cc3)C3(CCC3)C2=O)cc1.[C-]#[N+]c1cccc(Br)c1. The molecular weight excluding hydrogens is 933 g/mol. The largest absolute Gasteiger partial charge is 0.365 e. The fraction of sp³-hybridized carbons (Fsp3) is 0.167. The van der Waals surface area contributed by atoms with Crippen molar-refractivity contribution in [3.05, 3.63) is 212 Å². The molecule has 1 N–H and O–H groups in total. The maximum absolute atomic E-state index is 14.1. The molecule has 10 rings (SSSR count). The van der Waals surface area contributed by atoms with E-state index in [2.05, 4.69) is 47.4 Å². The lowest BCUT2D eigenvalue weighted by molar-refractivity contribution is -0.123. The fourth-order valence-electron chi connectivity index (χ4n) is 9.19. The topological polar surface area (TPSA) is 149 Å². The molecular formula is C54H37BrN10O4. The second kappa shape index (κ2) is 19.0. The van der Waals surface area contributed by atoms with E-state index in [1.807, 2.05) is 12.1 Å². The van der Waals surface area contributed by atoms with Gasteiger partial charge in [0.25, 0.3) is 5.91 Å². The van der Waals surface area contributed by atoms with Crippen LogP contribution in [0.25, 0.3) is 19.4 Å². The molecule has 0 aromatic heterocycles. The van der Waals surface area contributed by atoms with Crippen LogP contribution in [-0.2, 0) is 10.5 Å². The van der Waals surface area contributed by atoms with Crippen LogP contribution < -0.4 is 19.6 Å². The van der Waals surface area contributed by atoms with Gasteiger partial charge in [0.15, 0.2) is 28.5 Å². The highest BCUT2D eigenvalue weighted by Gasteiger charge is 2.70. The summed E-state index contributed by atoms with van der Waals surface area (Å²) in [4.78, 5) is 59.6. The molecule has 2 saturated carbocycles. The first-order chi connectivity index (χ1) is 33.4. The highest BCUT2D eigenvalue weighted by Crippen LogP contribution is 2.59. The molecule has 2 aliphatic heterocycles. The van der Waals surface area contributed by atoms with Crippen molar-refractivity contribution in [1.82, 2.24) is 0 Å². The van der Waals surface area contributed by atoms with Crippen LogP contribution in [0.2, 0.25) is 0 Å². The summed E-state index contributed by atoms with van der Waals surface area (Å²) in [5.74, 6) is -0.228. The van der Waals surface area contributed by atoms with Crippen molar-refractivity contribution in [2.45, 2.75) is 55.3 Å². The van der Waals surface area contributed by atoms with Gasteiger partial charge < -0.3 is 5.11 Å². The van der Waals surface area contributed by atoms with E-state index in [0.717, 1.165) is 17.3 Å². The lowest BCUT2D eigenvalue weighted by Gasteiger charge is -2.52. The van der Waals surface area contributed by atoms with Crippen LogP contribution in [0.1, 0.15) is 55.2 Å².